The summed E-state index contributed by atoms with van der Waals surface area (Å²) in [5.74, 6) is 2.05. The summed E-state index contributed by atoms with van der Waals surface area (Å²) in [6.45, 7) is 6.25. The maximum absolute atomic E-state index is 4.46. The fourth-order valence-electron chi connectivity index (χ4n) is 1.39. The molecule has 0 saturated carbocycles. The van der Waals surface area contributed by atoms with Gasteiger partial charge in [0, 0.05) is 16.0 Å². The Balaban J connectivity index is 2.39. The fourth-order valence-corrected chi connectivity index (χ4v) is 1.77. The van der Waals surface area contributed by atoms with Gasteiger partial charge >= 0.3 is 0 Å². The van der Waals surface area contributed by atoms with E-state index in [4.69, 9.17) is 0 Å². The quantitative estimate of drug-likeness (QED) is 0.912. The van der Waals surface area contributed by atoms with Crippen LogP contribution in [-0.4, -0.2) is 15.2 Å². The predicted molar refractivity (Wildman–Crippen MR) is 68.3 cm³/mol. The van der Waals surface area contributed by atoms with Crippen molar-refractivity contribution >= 4 is 15.9 Å². The molecule has 0 bridgehead atoms. The lowest BCUT2D eigenvalue weighted by molar-refractivity contribution is 0.781. The smallest absolute Gasteiger partial charge is 0.181 e. The van der Waals surface area contributed by atoms with Crippen molar-refractivity contribution in [2.45, 2.75) is 26.7 Å². The van der Waals surface area contributed by atoms with Crippen molar-refractivity contribution in [3.05, 3.63) is 34.1 Å². The Bertz CT molecular complexity index is 503. The average molecular weight is 280 g/mol. The first-order valence-corrected chi connectivity index (χ1v) is 6.06. The number of rotatable bonds is 2. The summed E-state index contributed by atoms with van der Waals surface area (Å²) in [5, 5.41) is 7.18. The molecule has 1 heterocycles. The molecule has 0 saturated heterocycles. The van der Waals surface area contributed by atoms with Crippen LogP contribution in [0.2, 0.25) is 0 Å². The molecule has 84 valence electrons. The van der Waals surface area contributed by atoms with Gasteiger partial charge in [-0.1, -0.05) is 41.9 Å². The van der Waals surface area contributed by atoms with E-state index in [0.29, 0.717) is 5.92 Å². The third kappa shape index (κ3) is 2.16. The average Bonchev–Trinajstić information content (AvgIpc) is 2.71. The summed E-state index contributed by atoms with van der Waals surface area (Å²) >= 11 is 3.51. The molecular weight excluding hydrogens is 266 g/mol. The monoisotopic (exact) mass is 279 g/mol. The summed E-state index contributed by atoms with van der Waals surface area (Å²) in [6, 6.07) is 6.14. The first-order valence-electron chi connectivity index (χ1n) is 5.26. The van der Waals surface area contributed by atoms with Gasteiger partial charge in [-0.15, -0.1) is 0 Å². The van der Waals surface area contributed by atoms with Crippen LogP contribution in [0.3, 0.4) is 0 Å². The van der Waals surface area contributed by atoms with Gasteiger partial charge in [0.05, 0.1) is 0 Å². The van der Waals surface area contributed by atoms with Crippen molar-refractivity contribution < 1.29 is 0 Å². The third-order valence-electron chi connectivity index (χ3n) is 2.48. The molecule has 3 nitrogen and oxygen atoms in total. The molecule has 2 rings (SSSR count). The molecule has 0 unspecified atom stereocenters. The molecule has 0 fully saturated rings. The van der Waals surface area contributed by atoms with Crippen molar-refractivity contribution in [3.63, 3.8) is 0 Å². The van der Waals surface area contributed by atoms with Crippen LogP contribution in [0.1, 0.15) is 31.2 Å². The van der Waals surface area contributed by atoms with E-state index in [1.807, 2.05) is 12.1 Å². The minimum Gasteiger partial charge on any atom is -0.262 e. The normalized spacial score (nSPS) is 11.1. The number of aromatic nitrogens is 3. The van der Waals surface area contributed by atoms with Gasteiger partial charge in [0.2, 0.25) is 0 Å². The van der Waals surface area contributed by atoms with Crippen molar-refractivity contribution in [3.8, 4) is 11.4 Å². The lowest BCUT2D eigenvalue weighted by atomic mass is 10.1. The van der Waals surface area contributed by atoms with Crippen LogP contribution in [0.4, 0.5) is 0 Å². The molecule has 0 amide bonds. The molecule has 0 spiro atoms. The number of H-pyrrole nitrogens is 1. The standard InChI is InChI=1S/C12H14BrN3/c1-7(2)11-14-12(16-15-11)9-5-4-8(3)10(13)6-9/h4-7H,1-3H3,(H,14,15,16). The number of hydrogen-bond donors (Lipinski definition) is 1. The van der Waals surface area contributed by atoms with E-state index in [2.05, 4.69) is 57.9 Å². The highest BCUT2D eigenvalue weighted by atomic mass is 79.9. The topological polar surface area (TPSA) is 41.6 Å². The van der Waals surface area contributed by atoms with Crippen molar-refractivity contribution in [2.24, 2.45) is 0 Å². The van der Waals surface area contributed by atoms with Crippen LogP contribution in [0.25, 0.3) is 11.4 Å². The molecule has 1 aromatic heterocycles. The highest BCUT2D eigenvalue weighted by molar-refractivity contribution is 9.10. The number of aromatic amines is 1. The van der Waals surface area contributed by atoms with Crippen LogP contribution in [-0.2, 0) is 0 Å². The molecule has 1 N–H and O–H groups in total. The Morgan fingerprint density at radius 2 is 2.06 bits per heavy atom. The van der Waals surface area contributed by atoms with E-state index in [-0.39, 0.29) is 0 Å². The van der Waals surface area contributed by atoms with E-state index in [0.717, 1.165) is 21.7 Å². The van der Waals surface area contributed by atoms with E-state index >= 15 is 0 Å². The Morgan fingerprint density at radius 3 is 2.62 bits per heavy atom. The molecule has 0 aliphatic rings. The highest BCUT2D eigenvalue weighted by Crippen LogP contribution is 2.23. The molecular formula is C12H14BrN3. The van der Waals surface area contributed by atoms with Crippen LogP contribution in [0.15, 0.2) is 22.7 Å². The predicted octanol–water partition coefficient (Wildman–Crippen LogP) is 3.67. The van der Waals surface area contributed by atoms with Gasteiger partial charge in [-0.2, -0.15) is 5.10 Å². The fraction of sp³-hybridized carbons (Fsp3) is 0.333. The van der Waals surface area contributed by atoms with Gasteiger partial charge < -0.3 is 0 Å². The molecule has 0 atom stereocenters. The van der Waals surface area contributed by atoms with Gasteiger partial charge in [0.15, 0.2) is 5.82 Å². The summed E-state index contributed by atoms with van der Waals surface area (Å²) < 4.78 is 1.08. The van der Waals surface area contributed by atoms with Gasteiger partial charge in [-0.05, 0) is 18.6 Å². The lowest BCUT2D eigenvalue weighted by Gasteiger charge is -2.00. The largest absolute Gasteiger partial charge is 0.262 e. The number of benzene rings is 1. The maximum atomic E-state index is 4.46. The number of halogens is 1. The van der Waals surface area contributed by atoms with Crippen molar-refractivity contribution in [1.29, 1.82) is 0 Å². The van der Waals surface area contributed by atoms with Crippen LogP contribution >= 0.6 is 15.9 Å². The summed E-state index contributed by atoms with van der Waals surface area (Å²) in [4.78, 5) is 4.46. The zero-order valence-corrected chi connectivity index (χ0v) is 11.2. The number of hydrogen-bond acceptors (Lipinski definition) is 2. The van der Waals surface area contributed by atoms with Crippen LogP contribution in [0.5, 0.6) is 0 Å². The number of aryl methyl sites for hydroxylation is 1. The molecule has 0 aliphatic carbocycles. The van der Waals surface area contributed by atoms with Gasteiger partial charge in [0.25, 0.3) is 0 Å². The van der Waals surface area contributed by atoms with Crippen molar-refractivity contribution in [1.82, 2.24) is 15.2 Å². The number of nitrogens with zero attached hydrogens (tertiary/aromatic N) is 2. The molecule has 1 aromatic carbocycles. The highest BCUT2D eigenvalue weighted by Gasteiger charge is 2.09. The summed E-state index contributed by atoms with van der Waals surface area (Å²) in [5.41, 5.74) is 2.24. The Labute approximate surface area is 103 Å². The molecule has 2 aromatic rings. The maximum Gasteiger partial charge on any atom is 0.181 e. The second kappa shape index (κ2) is 4.37. The zero-order valence-electron chi connectivity index (χ0n) is 9.58. The van der Waals surface area contributed by atoms with E-state index in [1.54, 1.807) is 0 Å². The van der Waals surface area contributed by atoms with E-state index in [9.17, 15) is 0 Å². The van der Waals surface area contributed by atoms with Crippen molar-refractivity contribution in [2.75, 3.05) is 0 Å². The Hall–Kier alpha value is -1.16. The van der Waals surface area contributed by atoms with Crippen LogP contribution in [0, 0.1) is 6.92 Å². The molecule has 4 heteroatoms. The number of nitrogens with one attached hydrogen (secondary N) is 1. The second-order valence-electron chi connectivity index (χ2n) is 4.16. The third-order valence-corrected chi connectivity index (χ3v) is 3.33. The minimum atomic E-state index is 0.370. The second-order valence-corrected chi connectivity index (χ2v) is 5.02. The Kier molecular flexibility index (Phi) is 3.10. The first-order chi connectivity index (χ1) is 7.58. The summed E-state index contributed by atoms with van der Waals surface area (Å²) in [7, 11) is 0. The van der Waals surface area contributed by atoms with Crippen LogP contribution < -0.4 is 0 Å². The SMILES string of the molecule is Cc1ccc(-c2n[nH]c(C(C)C)n2)cc1Br. The molecule has 16 heavy (non-hydrogen) atoms. The van der Waals surface area contributed by atoms with E-state index < -0.39 is 0 Å². The van der Waals surface area contributed by atoms with Gasteiger partial charge in [-0.25, -0.2) is 4.98 Å². The summed E-state index contributed by atoms with van der Waals surface area (Å²) in [6.07, 6.45) is 0. The first kappa shape index (κ1) is 11.3. The minimum absolute atomic E-state index is 0.370. The van der Waals surface area contributed by atoms with Gasteiger partial charge in [-0.3, -0.25) is 5.10 Å². The zero-order chi connectivity index (χ0) is 11.7. The molecule has 0 radical (unpaired) electrons. The van der Waals surface area contributed by atoms with Gasteiger partial charge in [0.1, 0.15) is 5.82 Å². The molecule has 0 aliphatic heterocycles. The Morgan fingerprint density at radius 1 is 1.31 bits per heavy atom. The lowest BCUT2D eigenvalue weighted by Crippen LogP contribution is -1.89. The van der Waals surface area contributed by atoms with E-state index in [1.165, 1.54) is 5.56 Å².